The molecule has 0 aromatic rings. The molecule has 0 atom stereocenters. The second-order valence-electron chi connectivity index (χ2n) is 5.66. The minimum atomic E-state index is -4.12. The third kappa shape index (κ3) is 17.4. The molecule has 0 saturated carbocycles. The molecule has 0 aromatic carbocycles. The van der Waals surface area contributed by atoms with Gasteiger partial charge in [-0.25, -0.2) is 8.42 Å². The molecule has 0 rings (SSSR count). The Morgan fingerprint density at radius 1 is 0.955 bits per heavy atom. The molecular weight excluding hydrogens is 329 g/mol. The maximum absolute atomic E-state index is 11.8. The second-order valence-corrected chi connectivity index (χ2v) is 7.18. The molecule has 7 heteroatoms. The molecule has 0 N–H and O–H groups in total. The first-order valence-corrected chi connectivity index (χ1v) is 9.62. The summed E-state index contributed by atoms with van der Waals surface area (Å²) in [5, 5.41) is 0. The second kappa shape index (κ2) is 15.5. The van der Waals surface area contributed by atoms with Gasteiger partial charge in [-0.05, 0) is 19.3 Å². The summed E-state index contributed by atoms with van der Waals surface area (Å²) in [5.74, 6) is -0.235. The first-order chi connectivity index (χ1) is 9.87. The van der Waals surface area contributed by atoms with Crippen molar-refractivity contribution in [3.63, 3.8) is 0 Å². The fourth-order valence-corrected chi connectivity index (χ4v) is 2.73. The van der Waals surface area contributed by atoms with Gasteiger partial charge in [-0.1, -0.05) is 45.4 Å². The van der Waals surface area contributed by atoms with Crippen LogP contribution < -0.4 is 51.4 Å². The predicted molar refractivity (Wildman–Crippen MR) is 84.0 cm³/mol. The van der Waals surface area contributed by atoms with Crippen LogP contribution in [-0.4, -0.2) is 43.1 Å². The molecule has 126 valence electrons. The van der Waals surface area contributed by atoms with Crippen LogP contribution in [-0.2, 0) is 14.9 Å². The van der Waals surface area contributed by atoms with E-state index in [1.807, 2.05) is 0 Å². The van der Waals surface area contributed by atoms with E-state index in [1.165, 1.54) is 32.1 Å². The molecule has 0 spiro atoms. The van der Waals surface area contributed by atoms with Gasteiger partial charge >= 0.3 is 51.4 Å². The van der Waals surface area contributed by atoms with Crippen molar-refractivity contribution in [1.29, 1.82) is 0 Å². The van der Waals surface area contributed by atoms with Crippen molar-refractivity contribution in [3.05, 3.63) is 0 Å². The molecule has 22 heavy (non-hydrogen) atoms. The van der Waals surface area contributed by atoms with E-state index in [1.54, 1.807) is 11.9 Å². The molecule has 0 heterocycles. The van der Waals surface area contributed by atoms with Crippen LogP contribution in [0.2, 0.25) is 0 Å². The van der Waals surface area contributed by atoms with Crippen molar-refractivity contribution in [1.82, 2.24) is 4.90 Å². The molecule has 0 radical (unpaired) electrons. The van der Waals surface area contributed by atoms with Crippen molar-refractivity contribution >= 4 is 16.0 Å². The SMILES string of the molecule is CCCCCCCCCC(=O)N(C)CCCCS(=O)(=O)[O-].[K+]. The number of unbranched alkanes of at least 4 members (excludes halogenated alkanes) is 7. The quantitative estimate of drug-likeness (QED) is 0.262. The summed E-state index contributed by atoms with van der Waals surface area (Å²) in [6.07, 6.45) is 9.72. The Morgan fingerprint density at radius 3 is 2.05 bits per heavy atom. The summed E-state index contributed by atoms with van der Waals surface area (Å²) in [5.41, 5.74) is 0. The van der Waals surface area contributed by atoms with Crippen LogP contribution in [0.15, 0.2) is 0 Å². The molecule has 0 saturated heterocycles. The van der Waals surface area contributed by atoms with Crippen LogP contribution in [0.5, 0.6) is 0 Å². The number of amides is 1. The van der Waals surface area contributed by atoms with Crippen LogP contribution in [0, 0.1) is 0 Å². The Labute approximate surface area is 178 Å². The molecule has 0 fully saturated rings. The summed E-state index contributed by atoms with van der Waals surface area (Å²) in [4.78, 5) is 13.4. The first kappa shape index (κ1) is 25.3. The van der Waals surface area contributed by atoms with Crippen LogP contribution in [0.1, 0.15) is 71.1 Å². The number of nitrogens with zero attached hydrogens (tertiary/aromatic N) is 1. The third-order valence-corrected chi connectivity index (χ3v) is 4.35. The zero-order chi connectivity index (χ0) is 16.1. The van der Waals surface area contributed by atoms with Crippen LogP contribution >= 0.6 is 0 Å². The van der Waals surface area contributed by atoms with Gasteiger partial charge in [-0.2, -0.15) is 0 Å². The van der Waals surface area contributed by atoms with Gasteiger partial charge in [0.1, 0.15) is 0 Å². The number of carbonyl (C=O) groups excluding carboxylic acids is 1. The summed E-state index contributed by atoms with van der Waals surface area (Å²) >= 11 is 0. The van der Waals surface area contributed by atoms with Crippen molar-refractivity contribution in [3.8, 4) is 0 Å². The first-order valence-electron chi connectivity index (χ1n) is 8.04. The van der Waals surface area contributed by atoms with Crippen LogP contribution in [0.3, 0.4) is 0 Å². The molecule has 0 aromatic heterocycles. The fraction of sp³-hybridized carbons (Fsp3) is 0.933. The average Bonchev–Trinajstić information content (AvgIpc) is 2.41. The van der Waals surface area contributed by atoms with E-state index in [0.717, 1.165) is 12.8 Å². The maximum atomic E-state index is 11.8. The monoisotopic (exact) mass is 359 g/mol. The van der Waals surface area contributed by atoms with Crippen molar-refractivity contribution in [2.75, 3.05) is 19.3 Å². The van der Waals surface area contributed by atoms with Gasteiger partial charge in [0.25, 0.3) is 0 Å². The molecule has 5 nitrogen and oxygen atoms in total. The molecule has 1 amide bonds. The normalized spacial score (nSPS) is 11.0. The zero-order valence-electron chi connectivity index (χ0n) is 14.5. The number of rotatable bonds is 13. The van der Waals surface area contributed by atoms with E-state index in [9.17, 15) is 17.8 Å². The molecule has 0 aliphatic rings. The van der Waals surface area contributed by atoms with Crippen LogP contribution in [0.25, 0.3) is 0 Å². The summed E-state index contributed by atoms with van der Waals surface area (Å²) in [7, 11) is -2.39. The van der Waals surface area contributed by atoms with E-state index in [-0.39, 0.29) is 63.0 Å². The Bertz CT molecular complexity index is 374. The van der Waals surface area contributed by atoms with Gasteiger partial charge in [0.2, 0.25) is 5.91 Å². The fourth-order valence-electron chi connectivity index (χ4n) is 2.18. The van der Waals surface area contributed by atoms with Gasteiger partial charge < -0.3 is 9.45 Å². The van der Waals surface area contributed by atoms with Gasteiger partial charge in [0, 0.05) is 25.8 Å². The van der Waals surface area contributed by atoms with Gasteiger partial charge in [0.15, 0.2) is 0 Å². The van der Waals surface area contributed by atoms with E-state index >= 15 is 0 Å². The van der Waals surface area contributed by atoms with E-state index in [4.69, 9.17) is 0 Å². The van der Waals surface area contributed by atoms with E-state index < -0.39 is 10.1 Å². The number of hydrogen-bond donors (Lipinski definition) is 0. The van der Waals surface area contributed by atoms with E-state index in [0.29, 0.717) is 25.8 Å². The van der Waals surface area contributed by atoms with Gasteiger partial charge in [-0.15, -0.1) is 0 Å². The van der Waals surface area contributed by atoms with E-state index in [2.05, 4.69) is 6.92 Å². The summed E-state index contributed by atoms with van der Waals surface area (Å²) in [6, 6.07) is 0. The summed E-state index contributed by atoms with van der Waals surface area (Å²) in [6.45, 7) is 2.71. The number of hydrogen-bond acceptors (Lipinski definition) is 4. The minimum absolute atomic E-state index is 0. The molecule has 0 aliphatic carbocycles. The molecule has 0 unspecified atom stereocenters. The zero-order valence-corrected chi connectivity index (χ0v) is 18.4. The molecular formula is C15H30KNO4S. The smallest absolute Gasteiger partial charge is 0.748 e. The molecule has 0 bridgehead atoms. The standard InChI is InChI=1S/C15H31NO4S.K/c1-3-4-5-6-7-8-9-12-15(17)16(2)13-10-11-14-21(18,19)20;/h3-14H2,1-2H3,(H,18,19,20);/q;+1/p-1. The largest absolute Gasteiger partial charge is 1.00 e. The Balaban J connectivity index is 0. The number of carbonyl (C=O) groups is 1. The van der Waals surface area contributed by atoms with Gasteiger partial charge in [0.05, 0.1) is 10.1 Å². The summed E-state index contributed by atoms with van der Waals surface area (Å²) < 4.78 is 31.3. The average molecular weight is 360 g/mol. The van der Waals surface area contributed by atoms with Crippen LogP contribution in [0.4, 0.5) is 0 Å². The third-order valence-electron chi connectivity index (χ3n) is 3.56. The maximum Gasteiger partial charge on any atom is 1.00 e. The van der Waals surface area contributed by atoms with Gasteiger partial charge in [-0.3, -0.25) is 4.79 Å². The minimum Gasteiger partial charge on any atom is -0.748 e. The topological polar surface area (TPSA) is 77.5 Å². The Morgan fingerprint density at radius 2 is 1.50 bits per heavy atom. The molecule has 0 aliphatic heterocycles. The van der Waals surface area contributed by atoms with Crippen molar-refractivity contribution in [2.24, 2.45) is 0 Å². The van der Waals surface area contributed by atoms with Crippen molar-refractivity contribution in [2.45, 2.75) is 71.1 Å². The predicted octanol–water partition coefficient (Wildman–Crippen LogP) is -0.0851. The Kier molecular flexibility index (Phi) is 17.8. The Hall–Kier alpha value is 1.02. The van der Waals surface area contributed by atoms with Crippen molar-refractivity contribution < 1.29 is 69.1 Å².